The number of hydrogen-bond acceptors (Lipinski definition) is 10. The first-order valence-corrected chi connectivity index (χ1v) is 14.4. The number of carbonyl (C=O) groups is 1. The number of hydrogen-bond donors (Lipinski definition) is 1. The fraction of sp³-hybridized carbons (Fsp3) is 0.433. The lowest BCUT2D eigenvalue weighted by Gasteiger charge is -2.35. The van der Waals surface area contributed by atoms with Crippen LogP contribution in [0.15, 0.2) is 48.9 Å². The van der Waals surface area contributed by atoms with Gasteiger partial charge in [0.15, 0.2) is 5.65 Å². The molecule has 220 valence electrons. The van der Waals surface area contributed by atoms with Crippen LogP contribution in [-0.2, 0) is 11.3 Å². The molecule has 1 amide bonds. The summed E-state index contributed by atoms with van der Waals surface area (Å²) < 4.78 is 12.5. The lowest BCUT2D eigenvalue weighted by atomic mass is 10.1. The minimum Gasteiger partial charge on any atom is -0.481 e. The number of aromatic nitrogens is 5. The van der Waals surface area contributed by atoms with E-state index in [1.807, 2.05) is 22.4 Å². The highest BCUT2D eigenvalue weighted by atomic mass is 16.5. The zero-order valence-electron chi connectivity index (χ0n) is 24.4. The van der Waals surface area contributed by atoms with Crippen LogP contribution in [0.5, 0.6) is 11.8 Å². The average molecular weight is 572 g/mol. The first kappa shape index (κ1) is 27.7. The van der Waals surface area contributed by atoms with Crippen LogP contribution in [0.1, 0.15) is 25.6 Å². The number of ether oxygens (including phenoxy) is 2. The van der Waals surface area contributed by atoms with E-state index in [4.69, 9.17) is 14.5 Å². The fourth-order valence-electron chi connectivity index (χ4n) is 5.65. The Morgan fingerprint density at radius 1 is 0.952 bits per heavy atom. The molecule has 2 saturated heterocycles. The monoisotopic (exact) mass is 571 g/mol. The van der Waals surface area contributed by atoms with E-state index >= 15 is 0 Å². The van der Waals surface area contributed by atoms with Crippen LogP contribution in [0, 0.1) is 0 Å². The van der Waals surface area contributed by atoms with Crippen LogP contribution in [0.2, 0.25) is 0 Å². The van der Waals surface area contributed by atoms with Crippen molar-refractivity contribution < 1.29 is 14.3 Å². The summed E-state index contributed by atoms with van der Waals surface area (Å²) in [7, 11) is 3.14. The number of nitrogens with one attached hydrogen (secondary N) is 1. The number of methoxy groups -OCH3 is 2. The topological polar surface area (TPSA) is 113 Å². The number of nitrogens with zero attached hydrogens (tertiary/aromatic N) is 8. The summed E-state index contributed by atoms with van der Waals surface area (Å²) in [6, 6.07) is 9.76. The van der Waals surface area contributed by atoms with Gasteiger partial charge in [0, 0.05) is 62.9 Å². The quantitative estimate of drug-likeness (QED) is 0.322. The molecule has 4 aromatic rings. The number of anilines is 2. The summed E-state index contributed by atoms with van der Waals surface area (Å²) in [5, 5.41) is 3.48. The van der Waals surface area contributed by atoms with Crippen molar-refractivity contribution in [2.24, 2.45) is 0 Å². The van der Waals surface area contributed by atoms with E-state index in [9.17, 15) is 4.79 Å². The van der Waals surface area contributed by atoms with Crippen molar-refractivity contribution in [3.63, 3.8) is 0 Å². The predicted octanol–water partition coefficient (Wildman–Crippen LogP) is 2.95. The van der Waals surface area contributed by atoms with Crippen molar-refractivity contribution in [2.45, 2.75) is 32.4 Å². The lowest BCUT2D eigenvalue weighted by molar-refractivity contribution is -0.133. The molecule has 6 rings (SSSR count). The third-order valence-corrected chi connectivity index (χ3v) is 7.96. The van der Waals surface area contributed by atoms with Crippen LogP contribution < -0.4 is 19.7 Å². The van der Waals surface area contributed by atoms with Crippen LogP contribution in [-0.4, -0.2) is 99.6 Å². The Bertz CT molecular complexity index is 1500. The third kappa shape index (κ3) is 5.80. The van der Waals surface area contributed by atoms with Gasteiger partial charge in [-0.3, -0.25) is 19.1 Å². The second-order valence-corrected chi connectivity index (χ2v) is 10.7. The van der Waals surface area contributed by atoms with Gasteiger partial charge in [0.2, 0.25) is 17.7 Å². The van der Waals surface area contributed by atoms with Gasteiger partial charge in [-0.1, -0.05) is 12.1 Å². The molecule has 0 radical (unpaired) electrons. The maximum Gasteiger partial charge on any atom is 0.244 e. The summed E-state index contributed by atoms with van der Waals surface area (Å²) in [5.74, 6) is 2.40. The lowest BCUT2D eigenvalue weighted by Crippen LogP contribution is -2.52. The molecule has 0 spiro atoms. The van der Waals surface area contributed by atoms with Crippen LogP contribution in [0.3, 0.4) is 0 Å². The van der Waals surface area contributed by atoms with Crippen LogP contribution in [0.25, 0.3) is 16.9 Å². The van der Waals surface area contributed by atoms with E-state index in [2.05, 4.69) is 54.3 Å². The normalized spacial score (nSPS) is 16.5. The molecule has 3 aromatic heterocycles. The molecule has 1 aromatic carbocycles. The largest absolute Gasteiger partial charge is 0.481 e. The Labute approximate surface area is 245 Å². The number of piperazine rings is 1. The van der Waals surface area contributed by atoms with Gasteiger partial charge in [-0.25, -0.2) is 4.98 Å². The highest BCUT2D eigenvalue weighted by Crippen LogP contribution is 2.31. The van der Waals surface area contributed by atoms with Crippen molar-refractivity contribution in [2.75, 3.05) is 63.7 Å². The predicted molar refractivity (Wildman–Crippen MR) is 160 cm³/mol. The molecule has 0 saturated carbocycles. The van der Waals surface area contributed by atoms with Gasteiger partial charge in [-0.2, -0.15) is 9.97 Å². The molecule has 42 heavy (non-hydrogen) atoms. The van der Waals surface area contributed by atoms with Gasteiger partial charge in [0.1, 0.15) is 23.4 Å². The molecule has 1 unspecified atom stereocenters. The molecule has 12 nitrogen and oxygen atoms in total. The summed E-state index contributed by atoms with van der Waals surface area (Å²) in [6.07, 6.45) is 7.82. The number of fused-ring (bicyclic) bond motifs is 1. The minimum atomic E-state index is -0.446. The summed E-state index contributed by atoms with van der Waals surface area (Å²) in [5.41, 5.74) is 3.75. The molecule has 2 aliphatic heterocycles. The van der Waals surface area contributed by atoms with Crippen LogP contribution >= 0.6 is 0 Å². The molecular weight excluding hydrogens is 534 g/mol. The van der Waals surface area contributed by atoms with E-state index < -0.39 is 6.04 Å². The number of benzene rings is 1. The Morgan fingerprint density at radius 3 is 2.31 bits per heavy atom. The van der Waals surface area contributed by atoms with Gasteiger partial charge in [0.05, 0.1) is 33.0 Å². The Balaban J connectivity index is 1.13. The maximum atomic E-state index is 13.6. The smallest absolute Gasteiger partial charge is 0.244 e. The summed E-state index contributed by atoms with van der Waals surface area (Å²) >= 11 is 0. The van der Waals surface area contributed by atoms with Gasteiger partial charge in [-0.05, 0) is 31.9 Å². The van der Waals surface area contributed by atoms with Crippen molar-refractivity contribution in [3.8, 4) is 23.0 Å². The standard InChI is InChI=1S/C30H37N9O3/c1-21(30(40)38-16-14-36(15-17-38)20-24-33-26(41-2)18-27(34-24)42-3)32-29-28(35-25-19-31-10-13-39(25)29)22-6-8-23(9-7-22)37-11-4-5-12-37/h6-10,13,18-19,21,32H,4-5,11-12,14-17,20H2,1-3H3. The van der Waals surface area contributed by atoms with Gasteiger partial charge >= 0.3 is 0 Å². The molecule has 2 aliphatic rings. The molecular formula is C30H37N9O3. The first-order valence-electron chi connectivity index (χ1n) is 14.4. The molecule has 1 atom stereocenters. The van der Waals surface area contributed by atoms with Gasteiger partial charge in [0.25, 0.3) is 0 Å². The van der Waals surface area contributed by atoms with E-state index in [1.54, 1.807) is 32.7 Å². The highest BCUT2D eigenvalue weighted by Gasteiger charge is 2.27. The highest BCUT2D eigenvalue weighted by molar-refractivity contribution is 5.86. The second-order valence-electron chi connectivity index (χ2n) is 10.7. The molecule has 2 fully saturated rings. The number of imidazole rings is 1. The van der Waals surface area contributed by atoms with Crippen molar-refractivity contribution in [1.82, 2.24) is 34.1 Å². The minimum absolute atomic E-state index is 0.0493. The molecule has 0 aliphatic carbocycles. The Kier molecular flexibility index (Phi) is 8.04. The average Bonchev–Trinajstić information content (AvgIpc) is 3.70. The number of amides is 1. The molecule has 5 heterocycles. The second kappa shape index (κ2) is 12.2. The van der Waals surface area contributed by atoms with Crippen molar-refractivity contribution >= 4 is 23.1 Å². The SMILES string of the molecule is COc1cc(OC)nc(CN2CCN(C(=O)C(C)Nc3c(-c4ccc(N5CCCC5)cc4)nc4cnccn34)CC2)n1. The molecule has 1 N–H and O–H groups in total. The zero-order chi connectivity index (χ0) is 29.1. The van der Waals surface area contributed by atoms with E-state index in [0.717, 1.165) is 48.9 Å². The van der Waals surface area contributed by atoms with E-state index in [-0.39, 0.29) is 5.91 Å². The third-order valence-electron chi connectivity index (χ3n) is 7.96. The van der Waals surface area contributed by atoms with Crippen molar-refractivity contribution in [3.05, 3.63) is 54.7 Å². The molecule has 0 bridgehead atoms. The first-order chi connectivity index (χ1) is 20.5. The van der Waals surface area contributed by atoms with E-state index in [1.165, 1.54) is 18.5 Å². The number of carbonyl (C=O) groups excluding carboxylic acids is 1. The number of rotatable bonds is 9. The Morgan fingerprint density at radius 2 is 1.64 bits per heavy atom. The Hall–Kier alpha value is -4.45. The maximum absolute atomic E-state index is 13.6. The summed E-state index contributed by atoms with van der Waals surface area (Å²) in [4.78, 5) is 38.1. The van der Waals surface area contributed by atoms with Gasteiger partial charge < -0.3 is 24.6 Å². The summed E-state index contributed by atoms with van der Waals surface area (Å²) in [6.45, 7) is 7.34. The fourth-order valence-corrected chi connectivity index (χ4v) is 5.65. The van der Waals surface area contributed by atoms with Crippen LogP contribution in [0.4, 0.5) is 11.5 Å². The van der Waals surface area contributed by atoms with E-state index in [0.29, 0.717) is 37.2 Å². The molecule has 12 heteroatoms. The van der Waals surface area contributed by atoms with Crippen molar-refractivity contribution in [1.29, 1.82) is 0 Å². The zero-order valence-corrected chi connectivity index (χ0v) is 24.4. The van der Waals surface area contributed by atoms with Gasteiger partial charge in [-0.15, -0.1) is 0 Å².